The average Bonchev–Trinajstić information content (AvgIpc) is 3.32. The fourth-order valence-corrected chi connectivity index (χ4v) is 6.67. The number of nitrogens with two attached hydrogens (primary N) is 1. The van der Waals surface area contributed by atoms with E-state index in [9.17, 15) is 24.0 Å². The Labute approximate surface area is 253 Å². The highest BCUT2D eigenvalue weighted by Gasteiger charge is 2.29. The smallest absolute Gasteiger partial charge is 0.407 e. The summed E-state index contributed by atoms with van der Waals surface area (Å²) in [5.74, 6) is -1.26. The van der Waals surface area contributed by atoms with Crippen molar-refractivity contribution in [2.24, 2.45) is 5.73 Å². The first-order valence-corrected chi connectivity index (χ1v) is 16.2. The summed E-state index contributed by atoms with van der Waals surface area (Å²) in [6, 6.07) is 14.5. The molecule has 3 rings (SSSR count). The van der Waals surface area contributed by atoms with Gasteiger partial charge in [-0.2, -0.15) is 0 Å². The molecule has 2 aromatic carbocycles. The minimum absolute atomic E-state index is 0.0534. The molecule has 0 radical (unpaired) electrons. The molecular weight excluding hydrogens is 578 g/mol. The first-order valence-electron chi connectivity index (χ1n) is 13.7. The van der Waals surface area contributed by atoms with Crippen LogP contribution in [-0.2, 0) is 23.9 Å². The molecule has 2 aromatic rings. The normalized spacial score (nSPS) is 13.2. The predicted molar refractivity (Wildman–Crippen MR) is 165 cm³/mol. The molecule has 1 aliphatic carbocycles. The van der Waals surface area contributed by atoms with E-state index in [2.05, 4.69) is 33.4 Å². The fraction of sp³-hybridized carbons (Fsp3) is 0.414. The summed E-state index contributed by atoms with van der Waals surface area (Å²) >= 11 is 0. The number of hydrogen-bond acceptors (Lipinski definition) is 8. The third kappa shape index (κ3) is 9.41. The van der Waals surface area contributed by atoms with Gasteiger partial charge in [0, 0.05) is 43.4 Å². The van der Waals surface area contributed by atoms with Gasteiger partial charge in [0.1, 0.15) is 18.7 Å². The number of rotatable bonds is 16. The number of carbonyl (C=O) groups is 5. The van der Waals surface area contributed by atoms with E-state index >= 15 is 0 Å². The van der Waals surface area contributed by atoms with Gasteiger partial charge in [-0.1, -0.05) is 84.0 Å². The maximum absolute atomic E-state index is 12.8. The second-order valence-electron chi connectivity index (χ2n) is 9.46. The van der Waals surface area contributed by atoms with Crippen LogP contribution in [0.15, 0.2) is 48.5 Å². The number of fused-ring (bicyclic) bond motifs is 3. The molecular formula is C29H37N5O6S2. The van der Waals surface area contributed by atoms with Gasteiger partial charge < -0.3 is 31.7 Å². The van der Waals surface area contributed by atoms with Crippen molar-refractivity contribution in [1.82, 2.24) is 21.3 Å². The fourth-order valence-electron chi connectivity index (χ4n) is 4.33. The molecule has 0 saturated carbocycles. The summed E-state index contributed by atoms with van der Waals surface area (Å²) < 4.78 is 5.51. The molecule has 2 atom stereocenters. The van der Waals surface area contributed by atoms with E-state index in [1.807, 2.05) is 36.4 Å². The van der Waals surface area contributed by atoms with E-state index < -0.39 is 30.0 Å². The van der Waals surface area contributed by atoms with E-state index in [1.165, 1.54) is 21.6 Å². The zero-order valence-corrected chi connectivity index (χ0v) is 25.3. The van der Waals surface area contributed by atoms with Gasteiger partial charge >= 0.3 is 6.09 Å². The van der Waals surface area contributed by atoms with Crippen molar-refractivity contribution in [1.29, 1.82) is 0 Å². The van der Waals surface area contributed by atoms with Crippen molar-refractivity contribution in [2.45, 2.75) is 44.7 Å². The Morgan fingerprint density at radius 1 is 0.786 bits per heavy atom. The quantitative estimate of drug-likeness (QED) is 0.142. The molecule has 0 unspecified atom stereocenters. The van der Waals surface area contributed by atoms with Crippen molar-refractivity contribution >= 4 is 51.3 Å². The molecule has 5 amide bonds. The lowest BCUT2D eigenvalue weighted by Crippen LogP contribution is -2.49. The third-order valence-corrected chi connectivity index (χ3v) is 8.98. The number of benzene rings is 2. The second-order valence-corrected chi connectivity index (χ2v) is 12.0. The van der Waals surface area contributed by atoms with Gasteiger partial charge in [0.05, 0.1) is 0 Å². The molecule has 0 bridgehead atoms. The van der Waals surface area contributed by atoms with Gasteiger partial charge in [0.15, 0.2) is 0 Å². The van der Waals surface area contributed by atoms with Gasteiger partial charge in [-0.3, -0.25) is 19.2 Å². The van der Waals surface area contributed by atoms with Crippen LogP contribution in [0.25, 0.3) is 11.1 Å². The highest BCUT2D eigenvalue weighted by Crippen LogP contribution is 2.44. The average molecular weight is 616 g/mol. The topological polar surface area (TPSA) is 169 Å². The van der Waals surface area contributed by atoms with Crippen LogP contribution in [0.5, 0.6) is 0 Å². The van der Waals surface area contributed by atoms with Gasteiger partial charge in [-0.25, -0.2) is 4.79 Å². The first kappa shape index (κ1) is 32.8. The van der Waals surface area contributed by atoms with Crippen molar-refractivity contribution in [3.8, 4) is 11.1 Å². The van der Waals surface area contributed by atoms with Crippen LogP contribution in [0.4, 0.5) is 4.79 Å². The largest absolute Gasteiger partial charge is 0.449 e. The number of nitrogens with one attached hydrogen (secondary N) is 4. The van der Waals surface area contributed by atoms with Crippen LogP contribution < -0.4 is 27.0 Å². The molecule has 1 aliphatic rings. The zero-order valence-electron chi connectivity index (χ0n) is 23.6. The van der Waals surface area contributed by atoms with Crippen LogP contribution in [0, 0.1) is 0 Å². The number of amides is 5. The molecule has 0 fully saturated rings. The van der Waals surface area contributed by atoms with E-state index in [1.54, 1.807) is 13.8 Å². The number of hydrogen-bond donors (Lipinski definition) is 5. The lowest BCUT2D eigenvalue weighted by Gasteiger charge is -2.19. The van der Waals surface area contributed by atoms with E-state index in [0.29, 0.717) is 0 Å². The second kappa shape index (κ2) is 16.7. The molecule has 42 heavy (non-hydrogen) atoms. The van der Waals surface area contributed by atoms with Crippen molar-refractivity contribution in [3.05, 3.63) is 59.7 Å². The van der Waals surface area contributed by atoms with Gasteiger partial charge in [-0.05, 0) is 22.3 Å². The molecule has 0 saturated heterocycles. The minimum atomic E-state index is -0.837. The number of carbonyl (C=O) groups excluding carboxylic acids is 5. The number of primary amides is 1. The lowest BCUT2D eigenvalue weighted by atomic mass is 9.98. The van der Waals surface area contributed by atoms with E-state index in [0.717, 1.165) is 22.3 Å². The van der Waals surface area contributed by atoms with Gasteiger partial charge in [-0.15, -0.1) is 0 Å². The van der Waals surface area contributed by atoms with Crippen LogP contribution >= 0.6 is 21.6 Å². The standard InChI is InChI=1S/C29H37N5O6S2/c1-3-25(35)33-23(27(30)37)16-41-42-17-24(34-26(36)4-2)28(38)31-13-14-32-29(39)40-15-22-20-11-7-5-9-18(20)19-10-6-8-12-21(19)22/h5-12,22-24H,3-4,13-17H2,1-2H3,(H2,30,37)(H,31,38)(H,32,39)(H,33,35)(H,34,36)/t23-,24-/m0/s1. The van der Waals surface area contributed by atoms with Crippen LogP contribution in [0.1, 0.15) is 43.7 Å². The first-order chi connectivity index (χ1) is 20.2. The SMILES string of the molecule is CCC(=O)N[C@@H](CSSC[C@H](NC(=O)CC)C(=O)NCCNC(=O)OCC1c2ccccc2-c2ccccc21)C(N)=O. The Balaban J connectivity index is 1.41. The number of ether oxygens (including phenoxy) is 1. The summed E-state index contributed by atoms with van der Waals surface area (Å²) in [7, 11) is 2.53. The Bertz CT molecular complexity index is 1230. The van der Waals surface area contributed by atoms with Gasteiger partial charge in [0.25, 0.3) is 0 Å². The Morgan fingerprint density at radius 3 is 1.83 bits per heavy atom. The van der Waals surface area contributed by atoms with E-state index in [-0.39, 0.29) is 61.8 Å². The van der Waals surface area contributed by atoms with Crippen molar-refractivity contribution < 1.29 is 28.7 Å². The van der Waals surface area contributed by atoms with Crippen molar-refractivity contribution in [2.75, 3.05) is 31.2 Å². The minimum Gasteiger partial charge on any atom is -0.449 e. The maximum Gasteiger partial charge on any atom is 0.407 e. The van der Waals surface area contributed by atoms with Crippen molar-refractivity contribution in [3.63, 3.8) is 0 Å². The Hall–Kier alpha value is -3.71. The van der Waals surface area contributed by atoms with E-state index in [4.69, 9.17) is 10.5 Å². The highest BCUT2D eigenvalue weighted by molar-refractivity contribution is 8.76. The highest BCUT2D eigenvalue weighted by atomic mass is 33.1. The molecule has 11 nitrogen and oxygen atoms in total. The summed E-state index contributed by atoms with van der Waals surface area (Å²) in [5.41, 5.74) is 9.87. The monoisotopic (exact) mass is 615 g/mol. The maximum atomic E-state index is 12.8. The molecule has 226 valence electrons. The lowest BCUT2D eigenvalue weighted by molar-refractivity contribution is -0.128. The molecule has 0 spiro atoms. The van der Waals surface area contributed by atoms with Crippen LogP contribution in [0.2, 0.25) is 0 Å². The summed E-state index contributed by atoms with van der Waals surface area (Å²) in [6.07, 6.45) is -0.158. The Kier molecular flexibility index (Phi) is 13.0. The van der Waals surface area contributed by atoms with Crippen LogP contribution in [0.3, 0.4) is 0 Å². The third-order valence-electron chi connectivity index (χ3n) is 6.56. The molecule has 0 aliphatic heterocycles. The molecule has 6 N–H and O–H groups in total. The zero-order chi connectivity index (χ0) is 30.5. The predicted octanol–water partition coefficient (Wildman–Crippen LogP) is 2.30. The number of alkyl carbamates (subject to hydrolysis) is 1. The molecule has 13 heteroatoms. The molecule has 0 aromatic heterocycles. The van der Waals surface area contributed by atoms with Crippen LogP contribution in [-0.4, -0.2) is 73.0 Å². The summed E-state index contributed by atoms with van der Waals surface area (Å²) in [4.78, 5) is 60.3. The van der Waals surface area contributed by atoms with Gasteiger partial charge in [0.2, 0.25) is 23.6 Å². The Morgan fingerprint density at radius 2 is 1.29 bits per heavy atom. The summed E-state index contributed by atoms with van der Waals surface area (Å²) in [6.45, 7) is 3.80. The summed E-state index contributed by atoms with van der Waals surface area (Å²) in [5, 5.41) is 10.6. The molecule has 0 heterocycles.